The van der Waals surface area contributed by atoms with Gasteiger partial charge >= 0.3 is 5.97 Å². The Hall–Kier alpha value is -1.35. The fourth-order valence-corrected chi connectivity index (χ4v) is 2.28. The van der Waals surface area contributed by atoms with E-state index in [1.54, 1.807) is 12.1 Å². The van der Waals surface area contributed by atoms with Crippen LogP contribution in [0.25, 0.3) is 0 Å². The monoisotopic (exact) mass is 219 g/mol. The molecule has 1 N–H and O–H groups in total. The van der Waals surface area contributed by atoms with Crippen molar-refractivity contribution >= 4 is 5.97 Å². The number of nitrogens with zero attached hydrogens (tertiary/aromatic N) is 1. The van der Waals surface area contributed by atoms with E-state index >= 15 is 0 Å². The van der Waals surface area contributed by atoms with Crippen molar-refractivity contribution in [3.63, 3.8) is 0 Å². The molecule has 16 heavy (non-hydrogen) atoms. The molecule has 3 nitrogen and oxygen atoms in total. The molecule has 2 rings (SSSR count). The number of carbonyl (C=O) groups is 1. The second-order valence-corrected chi connectivity index (χ2v) is 4.59. The molecule has 3 heteroatoms. The molecule has 0 radical (unpaired) electrons. The molecule has 1 fully saturated rings. The van der Waals surface area contributed by atoms with E-state index in [1.165, 1.54) is 6.42 Å². The number of hydrogen-bond donors (Lipinski definition) is 1. The fourth-order valence-electron chi connectivity index (χ4n) is 2.28. The Balaban J connectivity index is 2.12. The zero-order valence-electron chi connectivity index (χ0n) is 9.52. The van der Waals surface area contributed by atoms with Crippen LogP contribution in [0.3, 0.4) is 0 Å². The number of hydrogen-bond acceptors (Lipinski definition) is 2. The molecule has 1 heterocycles. The van der Waals surface area contributed by atoms with Crippen LogP contribution in [-0.4, -0.2) is 29.1 Å². The lowest BCUT2D eigenvalue weighted by atomic mass is 10.1. The first-order valence-corrected chi connectivity index (χ1v) is 5.70. The molecule has 1 saturated heterocycles. The van der Waals surface area contributed by atoms with Crippen LogP contribution in [0.4, 0.5) is 0 Å². The average Bonchev–Trinajstić information content (AvgIpc) is 2.64. The van der Waals surface area contributed by atoms with Crippen molar-refractivity contribution in [2.24, 2.45) is 5.92 Å². The molecule has 1 atom stereocenters. The van der Waals surface area contributed by atoms with Crippen molar-refractivity contribution in [3.8, 4) is 0 Å². The van der Waals surface area contributed by atoms with Gasteiger partial charge in [0.2, 0.25) is 0 Å². The highest BCUT2D eigenvalue weighted by Crippen LogP contribution is 2.19. The van der Waals surface area contributed by atoms with Gasteiger partial charge in [-0.05, 0) is 30.5 Å². The Bertz CT molecular complexity index is 389. The Morgan fingerprint density at radius 1 is 1.50 bits per heavy atom. The molecule has 1 aromatic rings. The van der Waals surface area contributed by atoms with Crippen molar-refractivity contribution in [2.75, 3.05) is 13.1 Å². The van der Waals surface area contributed by atoms with Gasteiger partial charge in [-0.15, -0.1) is 0 Å². The fraction of sp³-hybridized carbons (Fsp3) is 0.462. The van der Waals surface area contributed by atoms with Gasteiger partial charge in [0.25, 0.3) is 0 Å². The van der Waals surface area contributed by atoms with Crippen LogP contribution in [-0.2, 0) is 6.54 Å². The Kier molecular flexibility index (Phi) is 3.25. The molecule has 0 bridgehead atoms. The average molecular weight is 219 g/mol. The van der Waals surface area contributed by atoms with Crippen LogP contribution in [0.15, 0.2) is 24.3 Å². The summed E-state index contributed by atoms with van der Waals surface area (Å²) in [7, 11) is 0. The number of benzene rings is 1. The highest BCUT2D eigenvalue weighted by Gasteiger charge is 2.20. The van der Waals surface area contributed by atoms with Crippen molar-refractivity contribution < 1.29 is 9.90 Å². The zero-order chi connectivity index (χ0) is 11.5. The van der Waals surface area contributed by atoms with Crippen LogP contribution in [0.5, 0.6) is 0 Å². The minimum atomic E-state index is -0.831. The lowest BCUT2D eigenvalue weighted by molar-refractivity contribution is 0.0694. The quantitative estimate of drug-likeness (QED) is 0.847. The minimum absolute atomic E-state index is 0.432. The lowest BCUT2D eigenvalue weighted by Gasteiger charge is -2.16. The van der Waals surface area contributed by atoms with Crippen molar-refractivity contribution in [1.82, 2.24) is 4.90 Å². The van der Waals surface area contributed by atoms with E-state index in [0.29, 0.717) is 5.56 Å². The molecule has 1 aromatic carbocycles. The maximum absolute atomic E-state index is 11.0. The number of carboxylic acids is 1. The van der Waals surface area contributed by atoms with Gasteiger partial charge in [0, 0.05) is 13.1 Å². The summed E-state index contributed by atoms with van der Waals surface area (Å²) in [6.07, 6.45) is 1.22. The summed E-state index contributed by atoms with van der Waals surface area (Å²) in [6, 6.07) is 7.27. The summed E-state index contributed by atoms with van der Waals surface area (Å²) in [5.74, 6) is -0.0974. The van der Waals surface area contributed by atoms with Gasteiger partial charge in [0.05, 0.1) is 5.56 Å². The van der Waals surface area contributed by atoms with E-state index in [1.807, 2.05) is 12.1 Å². The maximum Gasteiger partial charge on any atom is 0.336 e. The third kappa shape index (κ3) is 2.42. The highest BCUT2D eigenvalue weighted by atomic mass is 16.4. The normalized spacial score (nSPS) is 21.2. The van der Waals surface area contributed by atoms with E-state index in [9.17, 15) is 4.79 Å². The molecule has 0 saturated carbocycles. The van der Waals surface area contributed by atoms with Crippen LogP contribution in [0.2, 0.25) is 0 Å². The topological polar surface area (TPSA) is 40.5 Å². The molecule has 0 amide bonds. The molecule has 1 unspecified atom stereocenters. The smallest absolute Gasteiger partial charge is 0.336 e. The number of aromatic carboxylic acids is 1. The third-order valence-corrected chi connectivity index (χ3v) is 3.15. The van der Waals surface area contributed by atoms with E-state index in [-0.39, 0.29) is 0 Å². The second kappa shape index (κ2) is 4.66. The molecular formula is C13H17NO2. The van der Waals surface area contributed by atoms with Gasteiger partial charge in [0.15, 0.2) is 0 Å². The molecule has 0 aliphatic carbocycles. The number of likely N-dealkylation sites (tertiary alicyclic amines) is 1. The number of carboxylic acid groups (broad SMARTS) is 1. The molecule has 86 valence electrons. The van der Waals surface area contributed by atoms with Crippen molar-refractivity contribution in [2.45, 2.75) is 19.9 Å². The highest BCUT2D eigenvalue weighted by molar-refractivity contribution is 5.89. The Labute approximate surface area is 95.7 Å². The first-order valence-electron chi connectivity index (χ1n) is 5.70. The van der Waals surface area contributed by atoms with E-state index in [4.69, 9.17) is 5.11 Å². The van der Waals surface area contributed by atoms with Gasteiger partial charge in [-0.3, -0.25) is 4.90 Å². The standard InChI is InChI=1S/C13H17NO2/c1-10-6-7-14(8-10)9-11-4-2-3-5-12(11)13(15)16/h2-5,10H,6-9H2,1H3,(H,15,16). The molecule has 0 spiro atoms. The maximum atomic E-state index is 11.0. The predicted octanol–water partition coefficient (Wildman–Crippen LogP) is 2.23. The third-order valence-electron chi connectivity index (χ3n) is 3.15. The molecule has 1 aliphatic rings. The van der Waals surface area contributed by atoms with Crippen LogP contribution in [0, 0.1) is 5.92 Å². The summed E-state index contributed by atoms with van der Waals surface area (Å²) in [5.41, 5.74) is 1.35. The van der Waals surface area contributed by atoms with E-state index in [0.717, 1.165) is 31.1 Å². The minimum Gasteiger partial charge on any atom is -0.478 e. The van der Waals surface area contributed by atoms with Gasteiger partial charge in [-0.25, -0.2) is 4.79 Å². The number of rotatable bonds is 3. The Morgan fingerprint density at radius 3 is 2.88 bits per heavy atom. The summed E-state index contributed by atoms with van der Waals surface area (Å²) in [5, 5.41) is 9.07. The van der Waals surface area contributed by atoms with E-state index < -0.39 is 5.97 Å². The van der Waals surface area contributed by atoms with Gasteiger partial charge < -0.3 is 5.11 Å². The predicted molar refractivity (Wildman–Crippen MR) is 62.5 cm³/mol. The summed E-state index contributed by atoms with van der Waals surface area (Å²) >= 11 is 0. The molecular weight excluding hydrogens is 202 g/mol. The van der Waals surface area contributed by atoms with Crippen molar-refractivity contribution in [1.29, 1.82) is 0 Å². The second-order valence-electron chi connectivity index (χ2n) is 4.59. The largest absolute Gasteiger partial charge is 0.478 e. The molecule has 0 aromatic heterocycles. The lowest BCUT2D eigenvalue weighted by Crippen LogP contribution is -2.21. The summed E-state index contributed by atoms with van der Waals surface area (Å²) in [4.78, 5) is 13.4. The van der Waals surface area contributed by atoms with E-state index in [2.05, 4.69) is 11.8 Å². The van der Waals surface area contributed by atoms with Gasteiger partial charge in [-0.1, -0.05) is 25.1 Å². The van der Waals surface area contributed by atoms with Gasteiger partial charge in [-0.2, -0.15) is 0 Å². The Morgan fingerprint density at radius 2 is 2.25 bits per heavy atom. The molecule has 1 aliphatic heterocycles. The van der Waals surface area contributed by atoms with Crippen LogP contribution in [0.1, 0.15) is 29.3 Å². The SMILES string of the molecule is CC1CCN(Cc2ccccc2C(=O)O)C1. The first-order chi connectivity index (χ1) is 7.66. The van der Waals surface area contributed by atoms with Crippen LogP contribution >= 0.6 is 0 Å². The van der Waals surface area contributed by atoms with Gasteiger partial charge in [0.1, 0.15) is 0 Å². The van der Waals surface area contributed by atoms with Crippen LogP contribution < -0.4 is 0 Å². The van der Waals surface area contributed by atoms with Crippen molar-refractivity contribution in [3.05, 3.63) is 35.4 Å². The zero-order valence-corrected chi connectivity index (χ0v) is 9.52. The summed E-state index contributed by atoms with van der Waals surface area (Å²) < 4.78 is 0. The summed E-state index contributed by atoms with van der Waals surface area (Å²) in [6.45, 7) is 5.15. The first kappa shape index (κ1) is 11.1.